The van der Waals surface area contributed by atoms with Gasteiger partial charge in [-0.05, 0) is 95.8 Å². The molecule has 0 saturated carbocycles. The maximum atomic E-state index is 15.1. The average Bonchev–Trinajstić information content (AvgIpc) is 3.29. The fraction of sp³-hybridized carbons (Fsp3) is 0.375. The summed E-state index contributed by atoms with van der Waals surface area (Å²) in [5, 5.41) is 10.0. The summed E-state index contributed by atoms with van der Waals surface area (Å²) < 4.78 is 78.1. The lowest BCUT2D eigenvalue weighted by molar-refractivity contribution is -0.0521. The van der Waals surface area contributed by atoms with Crippen LogP contribution in [0.3, 0.4) is 0 Å². The zero-order chi connectivity index (χ0) is 28.2. The van der Waals surface area contributed by atoms with Gasteiger partial charge in [-0.15, -0.1) is 0 Å². The van der Waals surface area contributed by atoms with Gasteiger partial charge in [0.15, 0.2) is 23.1 Å². The van der Waals surface area contributed by atoms with Gasteiger partial charge in [-0.25, -0.2) is 8.78 Å². The highest BCUT2D eigenvalue weighted by molar-refractivity contribution is 6.00. The van der Waals surface area contributed by atoms with E-state index in [1.807, 2.05) is 24.3 Å². The van der Waals surface area contributed by atoms with Gasteiger partial charge in [0.05, 0.1) is 6.67 Å². The minimum Gasteiger partial charge on any atom is -0.505 e. The second-order valence-corrected chi connectivity index (χ2v) is 10.1. The molecule has 1 aliphatic heterocycles. The van der Waals surface area contributed by atoms with Crippen LogP contribution in [0.25, 0.3) is 11.1 Å². The van der Waals surface area contributed by atoms with Gasteiger partial charge in [-0.1, -0.05) is 31.7 Å². The van der Waals surface area contributed by atoms with Crippen molar-refractivity contribution in [2.45, 2.75) is 52.2 Å². The Morgan fingerprint density at radius 2 is 1.73 bits per heavy atom. The van der Waals surface area contributed by atoms with Crippen molar-refractivity contribution in [3.63, 3.8) is 0 Å². The topological polar surface area (TPSA) is 41.9 Å². The molecule has 1 aliphatic carbocycles. The van der Waals surface area contributed by atoms with Crippen molar-refractivity contribution in [2.75, 3.05) is 26.3 Å². The first kappa shape index (κ1) is 30.4. The largest absolute Gasteiger partial charge is 0.505 e. The van der Waals surface area contributed by atoms with Gasteiger partial charge < -0.3 is 14.6 Å². The van der Waals surface area contributed by atoms with Gasteiger partial charge in [-0.2, -0.15) is 8.78 Å². The Labute approximate surface area is 237 Å². The molecule has 1 N–H and O–H groups in total. The standard InChI is InChI=1S/C31H30F5NO3.CH4/c32-14-2-15-37-16-13-22(18-37)39-21-8-5-19(6-9-21)29-23(20-7-12-28(26(33)17-20)40-31(35)36)3-1-4-25-24(29)10-11-27(38)30(25)34;/h5-12,17,22,31,38H,1-4,13-16,18H2;1H4/t22-;/m0./s1. The number of ether oxygens (including phenoxy) is 2. The van der Waals surface area contributed by atoms with Crippen LogP contribution in [0.1, 0.15) is 55.4 Å². The molecule has 9 heteroatoms. The summed E-state index contributed by atoms with van der Waals surface area (Å²) in [6, 6.07) is 14.1. The zero-order valence-electron chi connectivity index (χ0n) is 21.8. The Morgan fingerprint density at radius 3 is 2.44 bits per heavy atom. The molecule has 3 aromatic carbocycles. The molecule has 1 fully saturated rings. The number of phenolic OH excluding ortho intramolecular Hbond substituents is 1. The fourth-order valence-electron chi connectivity index (χ4n) is 5.59. The van der Waals surface area contributed by atoms with Crippen LogP contribution >= 0.6 is 0 Å². The van der Waals surface area contributed by atoms with Crippen molar-refractivity contribution in [1.29, 1.82) is 0 Å². The second-order valence-electron chi connectivity index (χ2n) is 10.1. The third kappa shape index (κ3) is 6.84. The summed E-state index contributed by atoms with van der Waals surface area (Å²) in [5.74, 6) is -1.95. The van der Waals surface area contributed by atoms with E-state index >= 15 is 4.39 Å². The summed E-state index contributed by atoms with van der Waals surface area (Å²) in [5.41, 5.74) is 3.53. The number of nitrogens with zero attached hydrogens (tertiary/aromatic N) is 1. The predicted octanol–water partition coefficient (Wildman–Crippen LogP) is 8.02. The number of allylic oxidation sites excluding steroid dienone is 1. The van der Waals surface area contributed by atoms with E-state index in [9.17, 15) is 22.7 Å². The van der Waals surface area contributed by atoms with Crippen LogP contribution in [-0.2, 0) is 6.42 Å². The number of benzene rings is 3. The Kier molecular flexibility index (Phi) is 9.91. The number of alkyl halides is 3. The molecule has 0 amide bonds. The van der Waals surface area contributed by atoms with Gasteiger partial charge in [0, 0.05) is 19.6 Å². The third-order valence-corrected chi connectivity index (χ3v) is 7.43. The van der Waals surface area contributed by atoms with Crippen LogP contribution in [0, 0.1) is 11.6 Å². The molecule has 0 radical (unpaired) electrons. The second kappa shape index (κ2) is 13.4. The molecule has 41 heavy (non-hydrogen) atoms. The number of hydrogen-bond acceptors (Lipinski definition) is 4. The first-order chi connectivity index (χ1) is 19.3. The van der Waals surface area contributed by atoms with Crippen molar-refractivity contribution in [3.8, 4) is 17.2 Å². The van der Waals surface area contributed by atoms with Gasteiger partial charge >= 0.3 is 6.61 Å². The van der Waals surface area contributed by atoms with E-state index in [0.717, 1.165) is 36.7 Å². The smallest absolute Gasteiger partial charge is 0.387 e. The van der Waals surface area contributed by atoms with Crippen LogP contribution in [0.2, 0.25) is 0 Å². The summed E-state index contributed by atoms with van der Waals surface area (Å²) in [6.07, 6.45) is 2.70. The highest BCUT2D eigenvalue weighted by Crippen LogP contribution is 2.43. The van der Waals surface area contributed by atoms with E-state index in [2.05, 4.69) is 9.64 Å². The minimum absolute atomic E-state index is 0. The van der Waals surface area contributed by atoms with Crippen LogP contribution in [0.4, 0.5) is 22.0 Å². The predicted molar refractivity (Wildman–Crippen MR) is 149 cm³/mol. The van der Waals surface area contributed by atoms with E-state index in [0.29, 0.717) is 60.2 Å². The number of rotatable bonds is 9. The maximum Gasteiger partial charge on any atom is 0.387 e. The van der Waals surface area contributed by atoms with Crippen LogP contribution in [0.15, 0.2) is 54.6 Å². The molecule has 4 nitrogen and oxygen atoms in total. The fourth-order valence-corrected chi connectivity index (χ4v) is 5.59. The molecule has 0 bridgehead atoms. The Bertz CT molecular complexity index is 1380. The molecular weight excluding hydrogens is 541 g/mol. The number of halogens is 5. The molecule has 1 saturated heterocycles. The molecular formula is C32H34F5NO3. The molecule has 0 spiro atoms. The highest BCUT2D eigenvalue weighted by atomic mass is 19.3. The average molecular weight is 576 g/mol. The van der Waals surface area contributed by atoms with E-state index in [-0.39, 0.29) is 20.2 Å². The van der Waals surface area contributed by atoms with Gasteiger partial charge in [0.1, 0.15) is 11.9 Å². The van der Waals surface area contributed by atoms with Gasteiger partial charge in [0.2, 0.25) is 0 Å². The van der Waals surface area contributed by atoms with Crippen molar-refractivity contribution in [2.24, 2.45) is 0 Å². The molecule has 3 aromatic rings. The molecule has 5 rings (SSSR count). The number of hydrogen-bond donors (Lipinski definition) is 1. The lowest BCUT2D eigenvalue weighted by atomic mass is 9.87. The minimum atomic E-state index is -3.15. The number of fused-ring (bicyclic) bond motifs is 1. The lowest BCUT2D eigenvalue weighted by Crippen LogP contribution is -2.26. The number of aromatic hydroxyl groups is 1. The summed E-state index contributed by atoms with van der Waals surface area (Å²) in [4.78, 5) is 2.18. The third-order valence-electron chi connectivity index (χ3n) is 7.43. The van der Waals surface area contributed by atoms with Crippen LogP contribution in [-0.4, -0.2) is 49.0 Å². The van der Waals surface area contributed by atoms with Gasteiger partial charge in [-0.3, -0.25) is 9.29 Å². The normalized spacial score (nSPS) is 17.3. The van der Waals surface area contributed by atoms with E-state index in [1.54, 1.807) is 6.07 Å². The monoisotopic (exact) mass is 575 g/mol. The SMILES string of the molecule is C.Oc1ccc2c(c1F)CCCC(c1ccc(OC(F)F)c(F)c1)=C2c1ccc(O[C@H]2CCN(CCCF)C2)cc1. The van der Waals surface area contributed by atoms with Gasteiger partial charge in [0.25, 0.3) is 0 Å². The van der Waals surface area contributed by atoms with Crippen LogP contribution in [0.5, 0.6) is 17.2 Å². The Morgan fingerprint density at radius 1 is 0.976 bits per heavy atom. The van der Waals surface area contributed by atoms with Crippen LogP contribution < -0.4 is 9.47 Å². The summed E-state index contributed by atoms with van der Waals surface area (Å²) in [7, 11) is 0. The molecule has 0 aromatic heterocycles. The highest BCUT2D eigenvalue weighted by Gasteiger charge is 2.26. The maximum absolute atomic E-state index is 15.1. The van der Waals surface area contributed by atoms with Crippen molar-refractivity contribution < 1.29 is 36.5 Å². The lowest BCUT2D eigenvalue weighted by Gasteiger charge is -2.19. The zero-order valence-corrected chi connectivity index (χ0v) is 21.8. The number of phenols is 1. The molecule has 220 valence electrons. The number of likely N-dealkylation sites (tertiary alicyclic amines) is 1. The van der Waals surface area contributed by atoms with E-state index in [1.165, 1.54) is 18.2 Å². The first-order valence-electron chi connectivity index (χ1n) is 13.4. The first-order valence-corrected chi connectivity index (χ1v) is 13.4. The Balaban J connectivity index is 0.00000387. The Hall–Kier alpha value is -3.59. The molecule has 0 unspecified atom stereocenters. The summed E-state index contributed by atoms with van der Waals surface area (Å²) in [6.45, 7) is -1.21. The van der Waals surface area contributed by atoms with Crippen molar-refractivity contribution in [1.82, 2.24) is 4.90 Å². The van der Waals surface area contributed by atoms with Crippen molar-refractivity contribution in [3.05, 3.63) is 88.5 Å². The summed E-state index contributed by atoms with van der Waals surface area (Å²) >= 11 is 0. The van der Waals surface area contributed by atoms with E-state index < -0.39 is 29.7 Å². The molecule has 2 aliphatic rings. The van der Waals surface area contributed by atoms with E-state index in [4.69, 9.17) is 4.74 Å². The quantitative estimate of drug-likeness (QED) is 0.263. The molecule has 1 atom stereocenters. The van der Waals surface area contributed by atoms with Crippen molar-refractivity contribution >= 4 is 11.1 Å². The molecule has 1 heterocycles.